The third kappa shape index (κ3) is 3.10. The van der Waals surface area contributed by atoms with Crippen molar-refractivity contribution in [3.05, 3.63) is 29.3 Å². The SMILES string of the molecule is Nc1cccc2c1CN(CCCN1CCCC1)CC2. The van der Waals surface area contributed by atoms with Crippen LogP contribution in [0.15, 0.2) is 18.2 Å². The predicted octanol–water partition coefficient (Wildman–Crippen LogP) is 2.11. The van der Waals surface area contributed by atoms with Gasteiger partial charge >= 0.3 is 0 Å². The highest BCUT2D eigenvalue weighted by atomic mass is 15.2. The number of benzene rings is 1. The topological polar surface area (TPSA) is 32.5 Å². The Morgan fingerprint density at radius 3 is 2.63 bits per heavy atom. The average molecular weight is 259 g/mol. The van der Waals surface area contributed by atoms with Crippen molar-refractivity contribution in [1.29, 1.82) is 0 Å². The Morgan fingerprint density at radius 1 is 1.00 bits per heavy atom. The first kappa shape index (κ1) is 12.9. The molecule has 2 aliphatic rings. The molecule has 0 bridgehead atoms. The average Bonchev–Trinajstić information content (AvgIpc) is 2.93. The van der Waals surface area contributed by atoms with Crippen molar-refractivity contribution >= 4 is 5.69 Å². The molecule has 0 aromatic heterocycles. The normalized spacial score (nSPS) is 20.6. The first-order chi connectivity index (χ1) is 9.33. The van der Waals surface area contributed by atoms with Crippen LogP contribution in [0.4, 0.5) is 5.69 Å². The Kier molecular flexibility index (Phi) is 4.04. The standard InChI is InChI=1S/C16H25N3/c17-16-6-3-5-14-7-12-19(13-15(14)16)11-4-10-18-8-1-2-9-18/h3,5-6H,1-2,4,7-13,17H2. The molecule has 0 spiro atoms. The Morgan fingerprint density at radius 2 is 1.79 bits per heavy atom. The van der Waals surface area contributed by atoms with Crippen LogP contribution < -0.4 is 5.73 Å². The highest BCUT2D eigenvalue weighted by Gasteiger charge is 2.18. The van der Waals surface area contributed by atoms with E-state index in [0.29, 0.717) is 0 Å². The van der Waals surface area contributed by atoms with Crippen molar-refractivity contribution in [3.8, 4) is 0 Å². The molecule has 3 rings (SSSR count). The first-order valence-corrected chi connectivity index (χ1v) is 7.64. The van der Waals surface area contributed by atoms with Gasteiger partial charge in [0.05, 0.1) is 0 Å². The van der Waals surface area contributed by atoms with Gasteiger partial charge in [0.25, 0.3) is 0 Å². The maximum absolute atomic E-state index is 6.10. The van der Waals surface area contributed by atoms with Crippen LogP contribution in [0.5, 0.6) is 0 Å². The van der Waals surface area contributed by atoms with Crippen LogP contribution in [0.25, 0.3) is 0 Å². The number of hydrogen-bond donors (Lipinski definition) is 1. The van der Waals surface area contributed by atoms with Gasteiger partial charge in [0.2, 0.25) is 0 Å². The summed E-state index contributed by atoms with van der Waals surface area (Å²) in [5.74, 6) is 0. The lowest BCUT2D eigenvalue weighted by atomic mass is 9.98. The maximum Gasteiger partial charge on any atom is 0.0362 e. The van der Waals surface area contributed by atoms with Gasteiger partial charge in [0.1, 0.15) is 0 Å². The molecule has 0 atom stereocenters. The van der Waals surface area contributed by atoms with E-state index in [0.717, 1.165) is 18.7 Å². The molecule has 0 radical (unpaired) electrons. The van der Waals surface area contributed by atoms with Crippen molar-refractivity contribution in [2.45, 2.75) is 32.2 Å². The lowest BCUT2D eigenvalue weighted by Gasteiger charge is -2.30. The van der Waals surface area contributed by atoms with Gasteiger partial charge in [-0.05, 0) is 69.1 Å². The van der Waals surface area contributed by atoms with E-state index < -0.39 is 0 Å². The van der Waals surface area contributed by atoms with Gasteiger partial charge in [0.15, 0.2) is 0 Å². The van der Waals surface area contributed by atoms with E-state index in [9.17, 15) is 0 Å². The molecule has 0 unspecified atom stereocenters. The molecule has 19 heavy (non-hydrogen) atoms. The first-order valence-electron chi connectivity index (χ1n) is 7.64. The van der Waals surface area contributed by atoms with Gasteiger partial charge in [-0.3, -0.25) is 4.90 Å². The van der Waals surface area contributed by atoms with Crippen molar-refractivity contribution in [3.63, 3.8) is 0 Å². The predicted molar refractivity (Wildman–Crippen MR) is 80.1 cm³/mol. The number of nitrogens with zero attached hydrogens (tertiary/aromatic N) is 2. The number of nitrogen functional groups attached to an aromatic ring is 1. The quantitative estimate of drug-likeness (QED) is 0.841. The lowest BCUT2D eigenvalue weighted by molar-refractivity contribution is 0.231. The summed E-state index contributed by atoms with van der Waals surface area (Å²) in [5.41, 5.74) is 9.90. The second kappa shape index (κ2) is 5.93. The minimum absolute atomic E-state index is 0.974. The minimum atomic E-state index is 0.974. The van der Waals surface area contributed by atoms with Crippen LogP contribution in [0.3, 0.4) is 0 Å². The summed E-state index contributed by atoms with van der Waals surface area (Å²) in [6.45, 7) is 7.35. The molecule has 2 aliphatic heterocycles. The number of likely N-dealkylation sites (tertiary alicyclic amines) is 1. The van der Waals surface area contributed by atoms with Crippen LogP contribution >= 0.6 is 0 Å². The smallest absolute Gasteiger partial charge is 0.0362 e. The molecule has 1 aromatic rings. The van der Waals surface area contributed by atoms with Crippen LogP contribution in [-0.4, -0.2) is 42.5 Å². The summed E-state index contributed by atoms with van der Waals surface area (Å²) in [4.78, 5) is 5.17. The fourth-order valence-electron chi connectivity index (χ4n) is 3.38. The summed E-state index contributed by atoms with van der Waals surface area (Å²) in [6, 6.07) is 6.34. The van der Waals surface area contributed by atoms with E-state index in [-0.39, 0.29) is 0 Å². The maximum atomic E-state index is 6.10. The molecule has 3 nitrogen and oxygen atoms in total. The van der Waals surface area contributed by atoms with Crippen molar-refractivity contribution in [2.75, 3.05) is 38.5 Å². The third-order valence-corrected chi connectivity index (χ3v) is 4.54. The molecule has 2 heterocycles. The number of nitrogens with two attached hydrogens (primary N) is 1. The molecule has 0 aliphatic carbocycles. The summed E-state index contributed by atoms with van der Waals surface area (Å²) in [7, 11) is 0. The molecule has 1 fully saturated rings. The van der Waals surface area contributed by atoms with Crippen LogP contribution in [0.2, 0.25) is 0 Å². The molecular weight excluding hydrogens is 234 g/mol. The Bertz CT molecular complexity index is 424. The third-order valence-electron chi connectivity index (χ3n) is 4.54. The zero-order valence-corrected chi connectivity index (χ0v) is 11.8. The van der Waals surface area contributed by atoms with E-state index >= 15 is 0 Å². The monoisotopic (exact) mass is 259 g/mol. The van der Waals surface area contributed by atoms with Crippen LogP contribution in [-0.2, 0) is 13.0 Å². The summed E-state index contributed by atoms with van der Waals surface area (Å²) in [6.07, 6.45) is 5.24. The van der Waals surface area contributed by atoms with Gasteiger partial charge in [-0.2, -0.15) is 0 Å². The molecule has 0 saturated carbocycles. The fraction of sp³-hybridized carbons (Fsp3) is 0.625. The molecule has 1 aromatic carbocycles. The van der Waals surface area contributed by atoms with Gasteiger partial charge in [0, 0.05) is 18.8 Å². The number of fused-ring (bicyclic) bond motifs is 1. The number of rotatable bonds is 4. The Hall–Kier alpha value is -1.06. The van der Waals surface area contributed by atoms with E-state index in [2.05, 4.69) is 21.9 Å². The van der Waals surface area contributed by atoms with Crippen LogP contribution in [0.1, 0.15) is 30.4 Å². The van der Waals surface area contributed by atoms with Crippen molar-refractivity contribution < 1.29 is 0 Å². The largest absolute Gasteiger partial charge is 0.398 e. The molecular formula is C16H25N3. The number of hydrogen-bond acceptors (Lipinski definition) is 3. The molecule has 2 N–H and O–H groups in total. The number of anilines is 1. The summed E-state index contributed by atoms with van der Waals surface area (Å²) in [5, 5.41) is 0. The second-order valence-corrected chi connectivity index (χ2v) is 5.91. The van der Waals surface area contributed by atoms with Gasteiger partial charge in [-0.25, -0.2) is 0 Å². The van der Waals surface area contributed by atoms with E-state index in [1.165, 1.54) is 63.1 Å². The fourth-order valence-corrected chi connectivity index (χ4v) is 3.38. The highest BCUT2D eigenvalue weighted by Crippen LogP contribution is 2.24. The zero-order valence-electron chi connectivity index (χ0n) is 11.8. The van der Waals surface area contributed by atoms with E-state index in [1.54, 1.807) is 0 Å². The van der Waals surface area contributed by atoms with Gasteiger partial charge < -0.3 is 10.6 Å². The Labute approximate surface area is 116 Å². The molecule has 0 amide bonds. The minimum Gasteiger partial charge on any atom is -0.398 e. The van der Waals surface area contributed by atoms with E-state index in [4.69, 9.17) is 5.73 Å². The summed E-state index contributed by atoms with van der Waals surface area (Å²) >= 11 is 0. The lowest BCUT2D eigenvalue weighted by Crippen LogP contribution is -2.33. The molecule has 104 valence electrons. The van der Waals surface area contributed by atoms with E-state index in [1.807, 2.05) is 6.07 Å². The van der Waals surface area contributed by atoms with Crippen molar-refractivity contribution in [1.82, 2.24) is 9.80 Å². The van der Waals surface area contributed by atoms with Crippen LogP contribution in [0, 0.1) is 0 Å². The van der Waals surface area contributed by atoms with Gasteiger partial charge in [-0.15, -0.1) is 0 Å². The molecule has 3 heteroatoms. The Balaban J connectivity index is 1.49. The van der Waals surface area contributed by atoms with Crippen molar-refractivity contribution in [2.24, 2.45) is 0 Å². The van der Waals surface area contributed by atoms with Gasteiger partial charge in [-0.1, -0.05) is 12.1 Å². The second-order valence-electron chi connectivity index (χ2n) is 5.91. The zero-order chi connectivity index (χ0) is 13.1. The highest BCUT2D eigenvalue weighted by molar-refractivity contribution is 5.51. The summed E-state index contributed by atoms with van der Waals surface area (Å²) < 4.78 is 0. The molecule has 1 saturated heterocycles.